The first kappa shape index (κ1) is 22.5. The number of rotatable bonds is 10. The largest absolute Gasteiger partial charge is 0.496 e. The van der Waals surface area contributed by atoms with Crippen LogP contribution in [0.5, 0.6) is 17.2 Å². The fourth-order valence-electron chi connectivity index (χ4n) is 2.68. The third-order valence-corrected chi connectivity index (χ3v) is 6.54. The van der Waals surface area contributed by atoms with Crippen molar-refractivity contribution in [2.45, 2.75) is 36.5 Å². The van der Waals surface area contributed by atoms with Gasteiger partial charge in [-0.3, -0.25) is 4.79 Å². The van der Waals surface area contributed by atoms with E-state index in [1.807, 2.05) is 42.5 Å². The number of ether oxygens (including phenoxy) is 3. The Morgan fingerprint density at radius 1 is 0.929 bits per heavy atom. The predicted molar refractivity (Wildman–Crippen MR) is 119 cm³/mol. The number of carbonyl (C=O) groups is 1. The van der Waals surface area contributed by atoms with Crippen molar-refractivity contribution in [3.8, 4) is 17.2 Å². The van der Waals surface area contributed by atoms with Gasteiger partial charge in [-0.25, -0.2) is 0 Å². The molecular weight excluding hydrogens is 392 g/mol. The average Bonchev–Trinajstić information content (AvgIpc) is 2.70. The lowest BCUT2D eigenvalue weighted by molar-refractivity contribution is -0.111. The minimum absolute atomic E-state index is 0.198. The highest BCUT2D eigenvalue weighted by molar-refractivity contribution is 8.13. The highest BCUT2D eigenvalue weighted by Gasteiger charge is 2.25. The minimum Gasteiger partial charge on any atom is -0.496 e. The number of hydrogen-bond donors (Lipinski definition) is 0. The zero-order valence-electron chi connectivity index (χ0n) is 17.1. The first-order chi connectivity index (χ1) is 13.4. The summed E-state index contributed by atoms with van der Waals surface area (Å²) in [4.78, 5) is 12.5. The summed E-state index contributed by atoms with van der Waals surface area (Å²) in [5.41, 5.74) is 2.13. The number of hydrogen-bond acceptors (Lipinski definition) is 6. The molecule has 0 bridgehead atoms. The van der Waals surface area contributed by atoms with E-state index in [1.54, 1.807) is 33.1 Å². The highest BCUT2D eigenvalue weighted by atomic mass is 32.2. The van der Waals surface area contributed by atoms with Gasteiger partial charge in [-0.2, -0.15) is 11.8 Å². The Morgan fingerprint density at radius 2 is 1.54 bits per heavy atom. The van der Waals surface area contributed by atoms with E-state index in [4.69, 9.17) is 14.2 Å². The van der Waals surface area contributed by atoms with Gasteiger partial charge in [0.05, 0.1) is 21.3 Å². The molecule has 0 heterocycles. The summed E-state index contributed by atoms with van der Waals surface area (Å²) in [7, 11) is 4.89. The second-order valence-corrected chi connectivity index (χ2v) is 9.60. The second-order valence-electron chi connectivity index (χ2n) is 6.88. The predicted octanol–water partition coefficient (Wildman–Crippen LogP) is 5.57. The minimum atomic E-state index is -0.198. The molecule has 0 radical (unpaired) electrons. The molecule has 0 aliphatic heterocycles. The lowest BCUT2D eigenvalue weighted by Gasteiger charge is -2.24. The summed E-state index contributed by atoms with van der Waals surface area (Å²) >= 11 is 3.10. The summed E-state index contributed by atoms with van der Waals surface area (Å²) in [5, 5.41) is 0.204. The van der Waals surface area contributed by atoms with E-state index in [1.165, 1.54) is 17.3 Å². The van der Waals surface area contributed by atoms with Gasteiger partial charge in [0.1, 0.15) is 17.2 Å². The van der Waals surface area contributed by atoms with Crippen LogP contribution in [-0.2, 0) is 16.3 Å². The number of benzene rings is 2. The number of methoxy groups -OCH3 is 3. The van der Waals surface area contributed by atoms with Crippen molar-refractivity contribution in [3.63, 3.8) is 0 Å². The monoisotopic (exact) mass is 420 g/mol. The molecule has 28 heavy (non-hydrogen) atoms. The topological polar surface area (TPSA) is 44.8 Å². The van der Waals surface area contributed by atoms with Crippen molar-refractivity contribution in [1.29, 1.82) is 0 Å². The molecule has 152 valence electrons. The van der Waals surface area contributed by atoms with Gasteiger partial charge in [-0.15, -0.1) is 0 Å². The van der Waals surface area contributed by atoms with Gasteiger partial charge in [-0.1, -0.05) is 55.9 Å². The summed E-state index contributed by atoms with van der Waals surface area (Å²) in [6.45, 7) is 4.20. The molecule has 0 aliphatic rings. The van der Waals surface area contributed by atoms with Gasteiger partial charge in [0.25, 0.3) is 0 Å². The summed E-state index contributed by atoms with van der Waals surface area (Å²) in [6, 6.07) is 13.8. The fraction of sp³-hybridized carbons (Fsp3) is 0.409. The summed E-state index contributed by atoms with van der Waals surface area (Å²) in [5.74, 6) is 3.53. The van der Waals surface area contributed by atoms with Crippen molar-refractivity contribution < 1.29 is 19.0 Å². The van der Waals surface area contributed by atoms with E-state index in [0.29, 0.717) is 23.7 Å². The zero-order chi connectivity index (χ0) is 20.6. The third-order valence-electron chi connectivity index (χ3n) is 4.24. The van der Waals surface area contributed by atoms with Crippen molar-refractivity contribution in [1.82, 2.24) is 0 Å². The van der Waals surface area contributed by atoms with Crippen molar-refractivity contribution >= 4 is 28.6 Å². The van der Waals surface area contributed by atoms with E-state index in [-0.39, 0.29) is 9.86 Å². The van der Waals surface area contributed by atoms with Crippen molar-refractivity contribution in [2.75, 3.05) is 21.3 Å². The van der Waals surface area contributed by atoms with E-state index < -0.39 is 0 Å². The number of thioether (sulfide) groups is 2. The van der Waals surface area contributed by atoms with Crippen LogP contribution < -0.4 is 14.2 Å². The number of carbonyl (C=O) groups excluding carboxylic acids is 1. The molecule has 0 atom stereocenters. The van der Waals surface area contributed by atoms with Crippen LogP contribution in [0, 0.1) is 0 Å². The quantitative estimate of drug-likeness (QED) is 0.500. The van der Waals surface area contributed by atoms with Crippen molar-refractivity contribution in [2.24, 2.45) is 0 Å². The van der Waals surface area contributed by atoms with Crippen LogP contribution in [0.3, 0.4) is 0 Å². The third kappa shape index (κ3) is 6.67. The normalized spacial score (nSPS) is 11.2. The highest BCUT2D eigenvalue weighted by Crippen LogP contribution is 2.40. The lowest BCUT2D eigenvalue weighted by Crippen LogP contribution is -2.19. The Balaban J connectivity index is 1.97. The molecule has 2 rings (SSSR count). The molecule has 0 aromatic heterocycles. The first-order valence-corrected chi connectivity index (χ1v) is 11.0. The Morgan fingerprint density at radius 3 is 2.07 bits per heavy atom. The van der Waals surface area contributed by atoms with Crippen LogP contribution in [0.2, 0.25) is 0 Å². The first-order valence-electron chi connectivity index (χ1n) is 9.01. The average molecular weight is 421 g/mol. The van der Waals surface area contributed by atoms with Gasteiger partial charge in [0, 0.05) is 40.4 Å². The Kier molecular flexibility index (Phi) is 8.58. The Labute approximate surface area is 176 Å². The Bertz CT molecular complexity index is 750. The van der Waals surface area contributed by atoms with E-state index in [2.05, 4.69) is 13.8 Å². The van der Waals surface area contributed by atoms with Gasteiger partial charge < -0.3 is 14.2 Å². The molecule has 0 saturated carbocycles. The molecule has 6 heteroatoms. The smallest absolute Gasteiger partial charge is 0.190 e. The maximum absolute atomic E-state index is 12.5. The molecule has 0 amide bonds. The molecule has 0 spiro atoms. The van der Waals surface area contributed by atoms with Crippen LogP contribution >= 0.6 is 23.5 Å². The van der Waals surface area contributed by atoms with E-state index in [9.17, 15) is 4.79 Å². The molecule has 0 unspecified atom stereocenters. The second kappa shape index (κ2) is 10.7. The molecule has 0 fully saturated rings. The molecule has 0 N–H and O–H groups in total. The van der Waals surface area contributed by atoms with Gasteiger partial charge in [0.15, 0.2) is 5.12 Å². The summed E-state index contributed by atoms with van der Waals surface area (Å²) in [6.07, 6.45) is 0.496. The van der Waals surface area contributed by atoms with Gasteiger partial charge in [-0.05, 0) is 5.56 Å². The molecule has 0 aliphatic carbocycles. The molecule has 2 aromatic rings. The maximum atomic E-state index is 12.5. The molecule has 2 aromatic carbocycles. The SMILES string of the molecule is COc1cc(OC)c(CSC(C)(C)CC(=O)SCc2ccccc2)c(OC)c1. The standard InChI is InChI=1S/C22H28O4S2/c1-22(2,13-21(23)27-14-16-9-7-6-8-10-16)28-15-18-19(25-4)11-17(24-3)12-20(18)26-5/h6-12H,13-15H2,1-5H3. The van der Waals surface area contributed by atoms with Gasteiger partial charge in [0.2, 0.25) is 0 Å². The Hall–Kier alpha value is -1.79. The van der Waals surface area contributed by atoms with E-state index >= 15 is 0 Å². The van der Waals surface area contributed by atoms with Crippen LogP contribution in [-0.4, -0.2) is 31.2 Å². The molecule has 4 nitrogen and oxygen atoms in total. The van der Waals surface area contributed by atoms with Crippen molar-refractivity contribution in [3.05, 3.63) is 53.6 Å². The van der Waals surface area contributed by atoms with Crippen LogP contribution in [0.1, 0.15) is 31.4 Å². The van der Waals surface area contributed by atoms with Gasteiger partial charge >= 0.3 is 0 Å². The van der Waals surface area contributed by atoms with E-state index in [0.717, 1.165) is 17.1 Å². The zero-order valence-corrected chi connectivity index (χ0v) is 18.7. The lowest BCUT2D eigenvalue weighted by atomic mass is 10.1. The maximum Gasteiger partial charge on any atom is 0.190 e. The van der Waals surface area contributed by atoms with Crippen LogP contribution in [0.25, 0.3) is 0 Å². The van der Waals surface area contributed by atoms with Crippen LogP contribution in [0.15, 0.2) is 42.5 Å². The summed E-state index contributed by atoms with van der Waals surface area (Å²) < 4.78 is 16.1. The fourth-order valence-corrected chi connectivity index (χ4v) is 4.80. The molecular formula is C22H28O4S2. The van der Waals surface area contributed by atoms with Crippen LogP contribution in [0.4, 0.5) is 0 Å². The molecule has 0 saturated heterocycles.